The summed E-state index contributed by atoms with van der Waals surface area (Å²) in [5.74, 6) is 0.945. The molecule has 3 rings (SSSR count). The van der Waals surface area contributed by atoms with E-state index in [2.05, 4.69) is 44.2 Å². The molecule has 0 radical (unpaired) electrons. The Hall–Kier alpha value is -1.80. The maximum atomic E-state index is 6.06. The van der Waals surface area contributed by atoms with E-state index < -0.39 is 0 Å². The first-order chi connectivity index (χ1) is 9.65. The van der Waals surface area contributed by atoms with Crippen molar-refractivity contribution in [3.05, 3.63) is 64.2 Å². The summed E-state index contributed by atoms with van der Waals surface area (Å²) in [6.45, 7) is 4.89. The van der Waals surface area contributed by atoms with Crippen LogP contribution in [0, 0.1) is 13.8 Å². The van der Waals surface area contributed by atoms with Gasteiger partial charge in [0.05, 0.1) is 0 Å². The fourth-order valence-corrected chi connectivity index (χ4v) is 2.95. The second-order valence-electron chi connectivity index (χ2n) is 5.66. The monoisotopic (exact) mass is 267 g/mol. The summed E-state index contributed by atoms with van der Waals surface area (Å²) in [5.41, 5.74) is 12.5. The molecule has 0 saturated heterocycles. The molecule has 2 heteroatoms. The number of rotatable bonds is 3. The van der Waals surface area contributed by atoms with Crippen LogP contribution in [0.1, 0.15) is 40.3 Å². The fourth-order valence-electron chi connectivity index (χ4n) is 2.95. The molecule has 0 aliphatic heterocycles. The average Bonchev–Trinajstić information content (AvgIpc) is 2.79. The summed E-state index contributed by atoms with van der Waals surface area (Å²) >= 11 is 0. The van der Waals surface area contributed by atoms with Crippen molar-refractivity contribution in [2.75, 3.05) is 0 Å². The molecule has 1 aliphatic carbocycles. The van der Waals surface area contributed by atoms with Crippen LogP contribution in [0.2, 0.25) is 0 Å². The molecule has 0 amide bonds. The van der Waals surface area contributed by atoms with Crippen molar-refractivity contribution >= 4 is 0 Å². The van der Waals surface area contributed by atoms with Gasteiger partial charge < -0.3 is 10.5 Å². The standard InChI is InChI=1S/C18H21NO/c1-12-4-3-5-13(2)17(12)11-20-15-7-8-16-14(10-15)6-9-18(16)19/h3-5,7-8,10,18H,6,9,11,19H2,1-2H3. The topological polar surface area (TPSA) is 35.2 Å². The Morgan fingerprint density at radius 3 is 2.65 bits per heavy atom. The smallest absolute Gasteiger partial charge is 0.120 e. The molecule has 1 unspecified atom stereocenters. The van der Waals surface area contributed by atoms with Gasteiger partial charge in [-0.15, -0.1) is 0 Å². The minimum Gasteiger partial charge on any atom is -0.489 e. The number of aryl methyl sites for hydroxylation is 3. The molecule has 0 spiro atoms. The van der Waals surface area contributed by atoms with E-state index in [1.165, 1.54) is 27.8 Å². The van der Waals surface area contributed by atoms with E-state index >= 15 is 0 Å². The van der Waals surface area contributed by atoms with Gasteiger partial charge in [-0.25, -0.2) is 0 Å². The number of nitrogens with two attached hydrogens (primary N) is 1. The highest BCUT2D eigenvalue weighted by molar-refractivity contribution is 5.41. The minimum atomic E-state index is 0.206. The first-order valence-corrected chi connectivity index (χ1v) is 7.21. The zero-order chi connectivity index (χ0) is 14.1. The summed E-state index contributed by atoms with van der Waals surface area (Å²) in [6.07, 6.45) is 2.12. The Morgan fingerprint density at radius 1 is 1.15 bits per heavy atom. The summed E-state index contributed by atoms with van der Waals surface area (Å²) in [4.78, 5) is 0. The van der Waals surface area contributed by atoms with Gasteiger partial charge in [0.15, 0.2) is 0 Å². The summed E-state index contributed by atoms with van der Waals surface area (Å²) in [5, 5.41) is 0. The van der Waals surface area contributed by atoms with Crippen LogP contribution in [-0.4, -0.2) is 0 Å². The molecule has 1 aliphatic rings. The van der Waals surface area contributed by atoms with Crippen LogP contribution in [-0.2, 0) is 13.0 Å². The molecule has 1 atom stereocenters. The Morgan fingerprint density at radius 2 is 1.90 bits per heavy atom. The maximum absolute atomic E-state index is 6.06. The van der Waals surface area contributed by atoms with Crippen LogP contribution in [0.4, 0.5) is 0 Å². The molecule has 20 heavy (non-hydrogen) atoms. The number of fused-ring (bicyclic) bond motifs is 1. The van der Waals surface area contributed by atoms with Gasteiger partial charge >= 0.3 is 0 Å². The second-order valence-corrected chi connectivity index (χ2v) is 5.66. The number of ether oxygens (including phenoxy) is 1. The molecule has 2 aromatic rings. The quantitative estimate of drug-likeness (QED) is 0.917. The zero-order valence-corrected chi connectivity index (χ0v) is 12.1. The maximum Gasteiger partial charge on any atom is 0.120 e. The summed E-state index contributed by atoms with van der Waals surface area (Å²) < 4.78 is 5.97. The molecular formula is C18H21NO. The Labute approximate surface area is 120 Å². The van der Waals surface area contributed by atoms with Crippen LogP contribution in [0.15, 0.2) is 36.4 Å². The van der Waals surface area contributed by atoms with Gasteiger partial charge in [-0.1, -0.05) is 24.3 Å². The molecule has 2 aromatic carbocycles. The van der Waals surface area contributed by atoms with Gasteiger partial charge in [0, 0.05) is 6.04 Å². The minimum absolute atomic E-state index is 0.206. The van der Waals surface area contributed by atoms with Gasteiger partial charge in [0.25, 0.3) is 0 Å². The number of hydrogen-bond acceptors (Lipinski definition) is 2. The van der Waals surface area contributed by atoms with Crippen LogP contribution in [0.3, 0.4) is 0 Å². The third-order valence-electron chi connectivity index (χ3n) is 4.27. The summed E-state index contributed by atoms with van der Waals surface area (Å²) in [7, 11) is 0. The molecular weight excluding hydrogens is 246 g/mol. The van der Waals surface area contributed by atoms with Crippen molar-refractivity contribution in [3.8, 4) is 5.75 Å². The van der Waals surface area contributed by atoms with E-state index in [-0.39, 0.29) is 6.04 Å². The van der Waals surface area contributed by atoms with Gasteiger partial charge in [-0.2, -0.15) is 0 Å². The Bertz CT molecular complexity index is 613. The Balaban J connectivity index is 1.76. The molecule has 104 valence electrons. The van der Waals surface area contributed by atoms with Gasteiger partial charge in [-0.05, 0) is 66.6 Å². The normalized spacial score (nSPS) is 17.1. The average molecular weight is 267 g/mol. The van der Waals surface area contributed by atoms with E-state index in [1.807, 2.05) is 6.07 Å². The molecule has 0 aromatic heterocycles. The van der Waals surface area contributed by atoms with E-state index in [0.29, 0.717) is 6.61 Å². The lowest BCUT2D eigenvalue weighted by Crippen LogP contribution is -2.05. The highest BCUT2D eigenvalue weighted by Gasteiger charge is 2.19. The lowest BCUT2D eigenvalue weighted by molar-refractivity contribution is 0.304. The van der Waals surface area contributed by atoms with E-state index in [9.17, 15) is 0 Å². The first-order valence-electron chi connectivity index (χ1n) is 7.21. The largest absolute Gasteiger partial charge is 0.489 e. The van der Waals surface area contributed by atoms with Gasteiger partial charge in [-0.3, -0.25) is 0 Å². The predicted molar refractivity (Wildman–Crippen MR) is 81.9 cm³/mol. The molecule has 0 bridgehead atoms. The van der Waals surface area contributed by atoms with Crippen molar-refractivity contribution < 1.29 is 4.74 Å². The van der Waals surface area contributed by atoms with Crippen molar-refractivity contribution in [2.24, 2.45) is 5.73 Å². The lowest BCUT2D eigenvalue weighted by Gasteiger charge is -2.12. The van der Waals surface area contributed by atoms with E-state index in [1.54, 1.807) is 0 Å². The molecule has 0 heterocycles. The molecule has 2 N–H and O–H groups in total. The third kappa shape index (κ3) is 2.44. The SMILES string of the molecule is Cc1cccc(C)c1COc1ccc2c(c1)CCC2N. The molecule has 2 nitrogen and oxygen atoms in total. The number of benzene rings is 2. The highest BCUT2D eigenvalue weighted by atomic mass is 16.5. The molecule has 0 saturated carbocycles. The predicted octanol–water partition coefficient (Wildman–Crippen LogP) is 3.83. The van der Waals surface area contributed by atoms with Crippen molar-refractivity contribution in [3.63, 3.8) is 0 Å². The van der Waals surface area contributed by atoms with Crippen LogP contribution < -0.4 is 10.5 Å². The van der Waals surface area contributed by atoms with Crippen LogP contribution in [0.25, 0.3) is 0 Å². The zero-order valence-electron chi connectivity index (χ0n) is 12.1. The summed E-state index contributed by atoms with van der Waals surface area (Å²) in [6, 6.07) is 12.9. The highest BCUT2D eigenvalue weighted by Crippen LogP contribution is 2.32. The Kier molecular flexibility index (Phi) is 3.49. The number of hydrogen-bond donors (Lipinski definition) is 1. The third-order valence-corrected chi connectivity index (χ3v) is 4.27. The second kappa shape index (κ2) is 5.29. The van der Waals surface area contributed by atoms with Crippen molar-refractivity contribution in [1.82, 2.24) is 0 Å². The van der Waals surface area contributed by atoms with Crippen molar-refractivity contribution in [1.29, 1.82) is 0 Å². The van der Waals surface area contributed by atoms with Crippen LogP contribution in [0.5, 0.6) is 5.75 Å². The first kappa shape index (κ1) is 13.2. The lowest BCUT2D eigenvalue weighted by atomic mass is 10.0. The van der Waals surface area contributed by atoms with Crippen molar-refractivity contribution in [2.45, 2.75) is 39.3 Å². The van der Waals surface area contributed by atoms with E-state index in [0.717, 1.165) is 18.6 Å². The van der Waals surface area contributed by atoms with Gasteiger partial charge in [0.2, 0.25) is 0 Å². The molecule has 0 fully saturated rings. The fraction of sp³-hybridized carbons (Fsp3) is 0.333. The van der Waals surface area contributed by atoms with E-state index in [4.69, 9.17) is 10.5 Å². The van der Waals surface area contributed by atoms with Gasteiger partial charge in [0.1, 0.15) is 12.4 Å². The van der Waals surface area contributed by atoms with Crippen LogP contribution >= 0.6 is 0 Å².